The minimum Gasteiger partial charge on any atom is -0.387 e. The topological polar surface area (TPSA) is 109 Å². The molecule has 124 valence electrons. The SMILES string of the molecule is CN(C)/C=N/c1ncnc2c1ncn2[C@@H]1O[C@H](CCl)[C@@H](O)[C@H]1O. The summed E-state index contributed by atoms with van der Waals surface area (Å²) in [5, 5.41) is 20.1. The van der Waals surface area contributed by atoms with Crippen LogP contribution in [0.25, 0.3) is 11.2 Å². The number of aliphatic hydroxyl groups excluding tert-OH is 2. The lowest BCUT2D eigenvalue weighted by molar-refractivity contribution is -0.0291. The smallest absolute Gasteiger partial charge is 0.184 e. The Labute approximate surface area is 137 Å². The minimum atomic E-state index is -1.13. The average molecular weight is 341 g/mol. The molecule has 0 aromatic carbocycles. The van der Waals surface area contributed by atoms with Crippen LogP contribution in [0, 0.1) is 0 Å². The number of hydrogen-bond acceptors (Lipinski definition) is 7. The lowest BCUT2D eigenvalue weighted by Crippen LogP contribution is -2.32. The Morgan fingerprint density at radius 1 is 1.35 bits per heavy atom. The van der Waals surface area contributed by atoms with Crippen LogP contribution in [0.1, 0.15) is 6.23 Å². The zero-order chi connectivity index (χ0) is 16.6. The summed E-state index contributed by atoms with van der Waals surface area (Å²) in [5.74, 6) is 0.485. The number of alkyl halides is 1. The normalized spacial score (nSPS) is 28.0. The predicted octanol–water partition coefficient (Wildman–Crippen LogP) is -0.0943. The quantitative estimate of drug-likeness (QED) is 0.454. The Morgan fingerprint density at radius 2 is 2.13 bits per heavy atom. The summed E-state index contributed by atoms with van der Waals surface area (Å²) in [6, 6.07) is 0. The Balaban J connectivity index is 1.99. The van der Waals surface area contributed by atoms with Gasteiger partial charge in [-0.3, -0.25) is 4.57 Å². The Morgan fingerprint density at radius 3 is 2.78 bits per heavy atom. The van der Waals surface area contributed by atoms with Crippen LogP contribution in [0.3, 0.4) is 0 Å². The number of imidazole rings is 1. The molecule has 0 amide bonds. The van der Waals surface area contributed by atoms with E-state index in [9.17, 15) is 10.2 Å². The molecule has 1 aliphatic heterocycles. The fourth-order valence-corrected chi connectivity index (χ4v) is 2.63. The molecule has 0 unspecified atom stereocenters. The summed E-state index contributed by atoms with van der Waals surface area (Å²) in [6.07, 6.45) is 0.782. The summed E-state index contributed by atoms with van der Waals surface area (Å²) in [5.41, 5.74) is 0.933. The van der Waals surface area contributed by atoms with Crippen molar-refractivity contribution in [3.05, 3.63) is 12.7 Å². The first-order valence-electron chi connectivity index (χ1n) is 6.98. The van der Waals surface area contributed by atoms with Crippen molar-refractivity contribution in [2.24, 2.45) is 4.99 Å². The molecule has 0 spiro atoms. The van der Waals surface area contributed by atoms with Gasteiger partial charge in [-0.05, 0) is 0 Å². The molecule has 23 heavy (non-hydrogen) atoms. The summed E-state index contributed by atoms with van der Waals surface area (Å²) in [6.45, 7) is 0. The molecular formula is C13H17ClN6O3. The largest absolute Gasteiger partial charge is 0.387 e. The molecule has 0 saturated carbocycles. The van der Waals surface area contributed by atoms with E-state index in [0.717, 1.165) is 0 Å². The van der Waals surface area contributed by atoms with Crippen LogP contribution in [0.2, 0.25) is 0 Å². The molecule has 0 radical (unpaired) electrons. The van der Waals surface area contributed by atoms with Gasteiger partial charge in [0, 0.05) is 14.1 Å². The van der Waals surface area contributed by atoms with Crippen molar-refractivity contribution in [3.8, 4) is 0 Å². The highest BCUT2D eigenvalue weighted by Gasteiger charge is 2.43. The molecule has 10 heteroatoms. The zero-order valence-corrected chi connectivity index (χ0v) is 13.4. The predicted molar refractivity (Wildman–Crippen MR) is 83.8 cm³/mol. The highest BCUT2D eigenvalue weighted by molar-refractivity contribution is 6.18. The number of ether oxygens (including phenoxy) is 1. The van der Waals surface area contributed by atoms with Gasteiger partial charge in [0.25, 0.3) is 0 Å². The van der Waals surface area contributed by atoms with Gasteiger partial charge >= 0.3 is 0 Å². The number of fused-ring (bicyclic) bond motifs is 1. The lowest BCUT2D eigenvalue weighted by atomic mass is 10.1. The van der Waals surface area contributed by atoms with Crippen LogP contribution < -0.4 is 0 Å². The number of aromatic nitrogens is 4. The first-order chi connectivity index (χ1) is 11.0. The maximum absolute atomic E-state index is 10.2. The fraction of sp³-hybridized carbons (Fsp3) is 0.538. The summed E-state index contributed by atoms with van der Waals surface area (Å²) < 4.78 is 7.16. The standard InChI is InChI=1S/C13H17ClN6O3/c1-19(2)5-18-11-8-12(16-4-15-11)20(6-17-8)13-10(22)9(21)7(3-14)23-13/h4-7,9-10,13,21-22H,3H2,1-2H3/b18-5+/t7-,9-,10-,13-/m1/s1. The molecule has 1 fully saturated rings. The van der Waals surface area contributed by atoms with Crippen LogP contribution in [-0.2, 0) is 4.74 Å². The van der Waals surface area contributed by atoms with E-state index < -0.39 is 24.5 Å². The summed E-state index contributed by atoms with van der Waals surface area (Å²) >= 11 is 5.74. The van der Waals surface area contributed by atoms with Crippen molar-refractivity contribution >= 4 is 34.9 Å². The van der Waals surface area contributed by atoms with E-state index in [2.05, 4.69) is 19.9 Å². The molecule has 2 N–H and O–H groups in total. The van der Waals surface area contributed by atoms with Gasteiger partial charge in [0.1, 0.15) is 24.6 Å². The fourth-order valence-electron chi connectivity index (χ4n) is 2.38. The molecule has 3 heterocycles. The van der Waals surface area contributed by atoms with Gasteiger partial charge in [-0.1, -0.05) is 0 Å². The van der Waals surface area contributed by atoms with Gasteiger partial charge in [0.15, 0.2) is 23.2 Å². The van der Waals surface area contributed by atoms with Gasteiger partial charge in [-0.2, -0.15) is 0 Å². The average Bonchev–Trinajstić information content (AvgIpc) is 3.08. The van der Waals surface area contributed by atoms with E-state index in [1.807, 2.05) is 14.1 Å². The van der Waals surface area contributed by atoms with Crippen LogP contribution >= 0.6 is 11.6 Å². The van der Waals surface area contributed by atoms with E-state index >= 15 is 0 Å². The second-order valence-corrected chi connectivity index (χ2v) is 5.74. The number of aliphatic imine (C=N–C) groups is 1. The zero-order valence-electron chi connectivity index (χ0n) is 12.6. The molecular weight excluding hydrogens is 324 g/mol. The number of nitrogens with zero attached hydrogens (tertiary/aromatic N) is 6. The first kappa shape index (κ1) is 16.1. The third-order valence-corrected chi connectivity index (χ3v) is 3.82. The molecule has 1 aliphatic rings. The van der Waals surface area contributed by atoms with Gasteiger partial charge in [-0.25, -0.2) is 19.9 Å². The highest BCUT2D eigenvalue weighted by atomic mass is 35.5. The number of aliphatic hydroxyl groups is 2. The molecule has 9 nitrogen and oxygen atoms in total. The van der Waals surface area contributed by atoms with Gasteiger partial charge in [-0.15, -0.1) is 11.6 Å². The summed E-state index contributed by atoms with van der Waals surface area (Å²) in [7, 11) is 3.69. The molecule has 1 saturated heterocycles. The minimum absolute atomic E-state index is 0.0781. The molecule has 3 rings (SSSR count). The van der Waals surface area contributed by atoms with Gasteiger partial charge < -0.3 is 19.8 Å². The van der Waals surface area contributed by atoms with Crippen LogP contribution in [0.5, 0.6) is 0 Å². The Bertz CT molecular complexity index is 721. The molecule has 0 aliphatic carbocycles. The lowest BCUT2D eigenvalue weighted by Gasteiger charge is -2.16. The van der Waals surface area contributed by atoms with E-state index in [-0.39, 0.29) is 5.88 Å². The highest BCUT2D eigenvalue weighted by Crippen LogP contribution is 2.32. The van der Waals surface area contributed by atoms with E-state index in [1.54, 1.807) is 15.8 Å². The van der Waals surface area contributed by atoms with E-state index in [0.29, 0.717) is 17.0 Å². The van der Waals surface area contributed by atoms with Gasteiger partial charge in [0.2, 0.25) is 0 Å². The monoisotopic (exact) mass is 340 g/mol. The van der Waals surface area contributed by atoms with Crippen molar-refractivity contribution < 1.29 is 14.9 Å². The van der Waals surface area contributed by atoms with Crippen molar-refractivity contribution in [1.82, 2.24) is 24.4 Å². The maximum atomic E-state index is 10.2. The number of rotatable bonds is 4. The Hall–Kier alpha value is -1.81. The molecule has 2 aromatic rings. The van der Waals surface area contributed by atoms with E-state index in [4.69, 9.17) is 16.3 Å². The number of hydrogen-bond donors (Lipinski definition) is 2. The summed E-state index contributed by atoms with van der Waals surface area (Å²) in [4.78, 5) is 18.5. The number of halogens is 1. The van der Waals surface area contributed by atoms with E-state index in [1.165, 1.54) is 12.7 Å². The van der Waals surface area contributed by atoms with Crippen molar-refractivity contribution in [1.29, 1.82) is 0 Å². The second kappa shape index (κ2) is 6.36. The van der Waals surface area contributed by atoms with Crippen molar-refractivity contribution in [2.45, 2.75) is 24.5 Å². The third-order valence-electron chi connectivity index (χ3n) is 3.51. The molecule has 0 bridgehead atoms. The van der Waals surface area contributed by atoms with Crippen molar-refractivity contribution in [3.63, 3.8) is 0 Å². The maximum Gasteiger partial charge on any atom is 0.184 e. The van der Waals surface area contributed by atoms with Crippen molar-refractivity contribution in [2.75, 3.05) is 20.0 Å². The molecule has 4 atom stereocenters. The second-order valence-electron chi connectivity index (χ2n) is 5.43. The third kappa shape index (κ3) is 2.88. The Kier molecular flexibility index (Phi) is 4.44. The molecule has 2 aromatic heterocycles. The van der Waals surface area contributed by atoms with Crippen LogP contribution in [0.15, 0.2) is 17.6 Å². The van der Waals surface area contributed by atoms with Gasteiger partial charge in [0.05, 0.1) is 18.5 Å². The first-order valence-corrected chi connectivity index (χ1v) is 7.52. The van der Waals surface area contributed by atoms with Crippen LogP contribution in [0.4, 0.5) is 5.82 Å². The van der Waals surface area contributed by atoms with Crippen LogP contribution in [-0.4, -0.2) is 79.3 Å².